The van der Waals surface area contributed by atoms with Crippen LogP contribution in [-0.4, -0.2) is 21.7 Å². The first-order chi connectivity index (χ1) is 7.39. The molecule has 0 saturated heterocycles. The lowest BCUT2D eigenvalue weighted by atomic mass is 10.2. The fraction of sp³-hybridized carbons (Fsp3) is 0.200. The van der Waals surface area contributed by atoms with E-state index in [1.165, 1.54) is 13.3 Å². The molecule has 1 aromatic heterocycles. The molecule has 0 bridgehead atoms. The Morgan fingerprint density at radius 1 is 1.38 bits per heavy atom. The summed E-state index contributed by atoms with van der Waals surface area (Å²) in [6, 6.07) is 5.07. The zero-order valence-corrected chi connectivity index (χ0v) is 9.78. The number of fused-ring (bicyclic) bond motifs is 1. The van der Waals surface area contributed by atoms with Crippen molar-refractivity contribution in [3.63, 3.8) is 0 Å². The maximum absolute atomic E-state index is 11.4. The molecule has 1 aromatic carbocycles. The number of furan rings is 1. The summed E-state index contributed by atoms with van der Waals surface area (Å²) in [6.07, 6.45) is 2.67. The molecule has 0 radical (unpaired) electrons. The Morgan fingerprint density at radius 3 is 2.69 bits per heavy atom. The monoisotopic (exact) mass is 240 g/mol. The standard InChI is InChI=1S/C10H12N2O3S/c1-12(16(2,13)14)9-5-7-3-4-15-10(7)6-8(9)11/h3-6H,11H2,1-2H3. The first-order valence-electron chi connectivity index (χ1n) is 4.60. The molecule has 2 rings (SSSR count). The quantitative estimate of drug-likeness (QED) is 0.805. The van der Waals surface area contributed by atoms with Gasteiger partial charge in [0.05, 0.1) is 23.9 Å². The molecule has 0 fully saturated rings. The Kier molecular flexibility index (Phi) is 2.31. The highest BCUT2D eigenvalue weighted by Gasteiger charge is 2.15. The van der Waals surface area contributed by atoms with Gasteiger partial charge in [-0.3, -0.25) is 4.31 Å². The summed E-state index contributed by atoms with van der Waals surface area (Å²) in [5.74, 6) is 0. The second kappa shape index (κ2) is 3.41. The summed E-state index contributed by atoms with van der Waals surface area (Å²) in [5, 5.41) is 0.819. The molecule has 0 unspecified atom stereocenters. The summed E-state index contributed by atoms with van der Waals surface area (Å²) in [7, 11) is -1.84. The number of nitrogens with two attached hydrogens (primary N) is 1. The van der Waals surface area contributed by atoms with Crippen molar-refractivity contribution in [2.75, 3.05) is 23.3 Å². The van der Waals surface area contributed by atoms with Gasteiger partial charge in [-0.1, -0.05) is 0 Å². The zero-order valence-electron chi connectivity index (χ0n) is 8.97. The number of hydrogen-bond donors (Lipinski definition) is 1. The molecule has 0 aliphatic heterocycles. The highest BCUT2D eigenvalue weighted by molar-refractivity contribution is 7.92. The van der Waals surface area contributed by atoms with Crippen LogP contribution in [0, 0.1) is 0 Å². The van der Waals surface area contributed by atoms with Gasteiger partial charge < -0.3 is 10.2 Å². The molecular formula is C10H12N2O3S. The van der Waals surface area contributed by atoms with Crippen LogP contribution in [0.15, 0.2) is 28.9 Å². The van der Waals surface area contributed by atoms with E-state index in [1.54, 1.807) is 18.2 Å². The van der Waals surface area contributed by atoms with E-state index in [-0.39, 0.29) is 0 Å². The molecule has 2 N–H and O–H groups in total. The number of anilines is 2. The van der Waals surface area contributed by atoms with Gasteiger partial charge in [-0.2, -0.15) is 0 Å². The molecule has 6 heteroatoms. The number of nitrogens with zero attached hydrogens (tertiary/aromatic N) is 1. The van der Waals surface area contributed by atoms with E-state index in [4.69, 9.17) is 10.2 Å². The van der Waals surface area contributed by atoms with Crippen LogP contribution in [0.5, 0.6) is 0 Å². The molecule has 1 heterocycles. The minimum absolute atomic E-state index is 0.371. The molecule has 2 aromatic rings. The van der Waals surface area contributed by atoms with Crippen molar-refractivity contribution >= 4 is 32.4 Å². The molecule has 16 heavy (non-hydrogen) atoms. The number of benzene rings is 1. The molecule has 5 nitrogen and oxygen atoms in total. The maximum Gasteiger partial charge on any atom is 0.232 e. The van der Waals surface area contributed by atoms with Crippen molar-refractivity contribution in [3.05, 3.63) is 24.5 Å². The van der Waals surface area contributed by atoms with Crippen molar-refractivity contribution in [2.45, 2.75) is 0 Å². The van der Waals surface area contributed by atoms with Gasteiger partial charge in [0.1, 0.15) is 5.58 Å². The third kappa shape index (κ3) is 1.71. The normalized spacial score (nSPS) is 11.9. The molecule has 0 spiro atoms. The second-order valence-electron chi connectivity index (χ2n) is 3.60. The van der Waals surface area contributed by atoms with Crippen molar-refractivity contribution in [2.24, 2.45) is 0 Å². The van der Waals surface area contributed by atoms with Crippen molar-refractivity contribution in [1.29, 1.82) is 0 Å². The molecule has 0 amide bonds. The lowest BCUT2D eigenvalue weighted by molar-refractivity contribution is 0.600. The molecule has 86 valence electrons. The minimum atomic E-state index is -3.31. The lowest BCUT2D eigenvalue weighted by Crippen LogP contribution is -2.25. The zero-order chi connectivity index (χ0) is 11.9. The van der Waals surface area contributed by atoms with Gasteiger partial charge in [0, 0.05) is 18.5 Å². The Labute approximate surface area is 93.5 Å². The topological polar surface area (TPSA) is 76.5 Å². The van der Waals surface area contributed by atoms with Gasteiger partial charge in [-0.25, -0.2) is 8.42 Å². The van der Waals surface area contributed by atoms with E-state index in [1.807, 2.05) is 0 Å². The Balaban J connectivity index is 2.64. The van der Waals surface area contributed by atoms with Gasteiger partial charge in [0.2, 0.25) is 10.0 Å². The molecule has 0 aliphatic rings. The largest absolute Gasteiger partial charge is 0.464 e. The van der Waals surface area contributed by atoms with Crippen LogP contribution in [0.3, 0.4) is 0 Å². The highest BCUT2D eigenvalue weighted by atomic mass is 32.2. The van der Waals surface area contributed by atoms with Crippen LogP contribution < -0.4 is 10.0 Å². The third-order valence-electron chi connectivity index (χ3n) is 2.44. The molecule has 0 aliphatic carbocycles. The van der Waals surface area contributed by atoms with Gasteiger partial charge in [-0.15, -0.1) is 0 Å². The Morgan fingerprint density at radius 2 is 2.06 bits per heavy atom. The van der Waals surface area contributed by atoms with Crippen molar-refractivity contribution in [1.82, 2.24) is 0 Å². The number of nitrogen functional groups attached to an aromatic ring is 1. The van der Waals surface area contributed by atoms with Crippen LogP contribution in [0.4, 0.5) is 11.4 Å². The molecule has 0 saturated carbocycles. The van der Waals surface area contributed by atoms with Gasteiger partial charge in [-0.05, 0) is 12.1 Å². The summed E-state index contributed by atoms with van der Waals surface area (Å²) in [6.45, 7) is 0. The predicted octanol–water partition coefficient (Wildman–Crippen LogP) is 1.41. The fourth-order valence-corrected chi connectivity index (χ4v) is 1.98. The van der Waals surface area contributed by atoms with E-state index < -0.39 is 10.0 Å². The van der Waals surface area contributed by atoms with Gasteiger partial charge in [0.25, 0.3) is 0 Å². The summed E-state index contributed by atoms with van der Waals surface area (Å²) in [4.78, 5) is 0. The van der Waals surface area contributed by atoms with E-state index >= 15 is 0 Å². The maximum atomic E-state index is 11.4. The van der Waals surface area contributed by atoms with Crippen molar-refractivity contribution in [3.8, 4) is 0 Å². The number of sulfonamides is 1. The van der Waals surface area contributed by atoms with Crippen LogP contribution in [0.1, 0.15) is 0 Å². The predicted molar refractivity (Wildman–Crippen MR) is 63.9 cm³/mol. The fourth-order valence-electron chi connectivity index (χ4n) is 1.46. The Hall–Kier alpha value is -1.69. The average Bonchev–Trinajstić information content (AvgIpc) is 2.60. The van der Waals surface area contributed by atoms with E-state index in [2.05, 4.69) is 0 Å². The summed E-state index contributed by atoms with van der Waals surface area (Å²) >= 11 is 0. The van der Waals surface area contributed by atoms with Crippen LogP contribution in [-0.2, 0) is 10.0 Å². The Bertz CT molecular complexity index is 631. The highest BCUT2D eigenvalue weighted by Crippen LogP contribution is 2.30. The number of rotatable bonds is 2. The van der Waals surface area contributed by atoms with Crippen LogP contribution in [0.2, 0.25) is 0 Å². The summed E-state index contributed by atoms with van der Waals surface area (Å²) in [5.41, 5.74) is 7.24. The van der Waals surface area contributed by atoms with Crippen molar-refractivity contribution < 1.29 is 12.8 Å². The van der Waals surface area contributed by atoms with E-state index in [0.29, 0.717) is 17.0 Å². The first kappa shape index (κ1) is 10.8. The lowest BCUT2D eigenvalue weighted by Gasteiger charge is -2.18. The molecule has 0 atom stereocenters. The smallest absolute Gasteiger partial charge is 0.232 e. The van der Waals surface area contributed by atoms with Crippen LogP contribution >= 0.6 is 0 Å². The third-order valence-corrected chi connectivity index (χ3v) is 3.63. The first-order valence-corrected chi connectivity index (χ1v) is 6.45. The SMILES string of the molecule is CN(c1cc2ccoc2cc1N)S(C)(=O)=O. The number of hydrogen-bond acceptors (Lipinski definition) is 4. The summed E-state index contributed by atoms with van der Waals surface area (Å²) < 4.78 is 29.1. The molecular weight excluding hydrogens is 228 g/mol. The second-order valence-corrected chi connectivity index (χ2v) is 5.61. The van der Waals surface area contributed by atoms with Gasteiger partial charge >= 0.3 is 0 Å². The van der Waals surface area contributed by atoms with Crippen LogP contribution in [0.25, 0.3) is 11.0 Å². The van der Waals surface area contributed by atoms with E-state index in [0.717, 1.165) is 15.9 Å². The van der Waals surface area contributed by atoms with Gasteiger partial charge in [0.15, 0.2) is 0 Å². The average molecular weight is 240 g/mol. The van der Waals surface area contributed by atoms with E-state index in [9.17, 15) is 8.42 Å². The minimum Gasteiger partial charge on any atom is -0.464 e.